The highest BCUT2D eigenvalue weighted by molar-refractivity contribution is 7.21. The third kappa shape index (κ3) is 5.96. The van der Waals surface area contributed by atoms with Crippen LogP contribution in [-0.4, -0.2) is 54.0 Å². The molecule has 1 saturated carbocycles. The number of thiophene rings is 1. The molecule has 0 aliphatic heterocycles. The van der Waals surface area contributed by atoms with E-state index in [0.29, 0.717) is 11.8 Å². The Labute approximate surface area is 248 Å². The summed E-state index contributed by atoms with van der Waals surface area (Å²) in [6.45, 7) is 4.20. The van der Waals surface area contributed by atoms with Crippen molar-refractivity contribution in [3.8, 4) is 16.9 Å². The first-order chi connectivity index (χ1) is 19.6. The minimum Gasteiger partial charge on any atom is -0.496 e. The second kappa shape index (κ2) is 12.0. The van der Waals surface area contributed by atoms with Crippen molar-refractivity contribution in [3.63, 3.8) is 0 Å². The van der Waals surface area contributed by atoms with Gasteiger partial charge in [-0.25, -0.2) is 8.78 Å². The van der Waals surface area contributed by atoms with Crippen LogP contribution in [-0.2, 0) is 6.54 Å². The maximum atomic E-state index is 14.7. The van der Waals surface area contributed by atoms with E-state index in [1.54, 1.807) is 7.11 Å². The van der Waals surface area contributed by atoms with Gasteiger partial charge in [0.15, 0.2) is 0 Å². The van der Waals surface area contributed by atoms with E-state index in [2.05, 4.69) is 24.0 Å². The number of ether oxygens (including phenoxy) is 1. The summed E-state index contributed by atoms with van der Waals surface area (Å²) in [5, 5.41) is -0.0817. The third-order valence-electron chi connectivity index (χ3n) is 8.01. The molecule has 2 aromatic heterocycles. The molecule has 4 aromatic rings. The third-order valence-corrected chi connectivity index (χ3v) is 9.69. The number of methoxy groups -OCH3 is 1. The normalized spacial score (nSPS) is 17.3. The Balaban J connectivity index is 1.57. The molecule has 41 heavy (non-hydrogen) atoms. The Morgan fingerprint density at radius 2 is 1.61 bits per heavy atom. The molecule has 0 unspecified atom stereocenters. The van der Waals surface area contributed by atoms with Crippen molar-refractivity contribution in [1.29, 1.82) is 0 Å². The van der Waals surface area contributed by atoms with Crippen molar-refractivity contribution in [2.75, 3.05) is 21.2 Å². The lowest BCUT2D eigenvalue weighted by Gasteiger charge is -2.39. The van der Waals surface area contributed by atoms with Gasteiger partial charge in [-0.1, -0.05) is 17.7 Å². The highest BCUT2D eigenvalue weighted by Crippen LogP contribution is 2.41. The second-order valence-corrected chi connectivity index (χ2v) is 12.4. The summed E-state index contributed by atoms with van der Waals surface area (Å²) < 4.78 is 35.1. The summed E-state index contributed by atoms with van der Waals surface area (Å²) >= 11 is 7.50. The van der Waals surface area contributed by atoms with Crippen molar-refractivity contribution in [2.45, 2.75) is 58.2 Å². The van der Waals surface area contributed by atoms with E-state index in [-0.39, 0.29) is 38.5 Å². The molecule has 0 bridgehead atoms. The first-order valence-corrected chi connectivity index (χ1v) is 14.9. The number of fused-ring (bicyclic) bond motifs is 1. The van der Waals surface area contributed by atoms with Gasteiger partial charge in [0, 0.05) is 35.6 Å². The molecule has 1 amide bonds. The van der Waals surface area contributed by atoms with E-state index in [1.807, 2.05) is 49.1 Å². The maximum absolute atomic E-state index is 14.7. The summed E-state index contributed by atoms with van der Waals surface area (Å²) in [5.74, 6) is -0.901. The monoisotopic (exact) mass is 597 g/mol. The molecule has 5 nitrogen and oxygen atoms in total. The first-order valence-electron chi connectivity index (χ1n) is 13.7. The number of hydrogen-bond acceptors (Lipinski definition) is 5. The molecule has 0 atom stereocenters. The summed E-state index contributed by atoms with van der Waals surface area (Å²) in [6.07, 6.45) is 3.50. The van der Waals surface area contributed by atoms with Crippen LogP contribution in [0.3, 0.4) is 0 Å². The molecule has 0 spiro atoms. The molecule has 216 valence electrons. The van der Waals surface area contributed by atoms with Gasteiger partial charge in [0.1, 0.15) is 22.3 Å². The SMILES string of the molecule is COc1ccc(-c2cc(C)nc(C)c2)cc1CN(C(=O)c1sc2c(F)ccc(F)c2c1Cl)[C@H]1CC[C@H](N(C)C)CC1. The van der Waals surface area contributed by atoms with Gasteiger partial charge in [-0.05, 0) is 101 Å². The topological polar surface area (TPSA) is 45.7 Å². The summed E-state index contributed by atoms with van der Waals surface area (Å²) in [4.78, 5) is 23.0. The molecule has 1 aliphatic carbocycles. The fourth-order valence-corrected chi connectivity index (χ4v) is 7.39. The van der Waals surface area contributed by atoms with Crippen molar-refractivity contribution in [2.24, 2.45) is 0 Å². The average molecular weight is 598 g/mol. The van der Waals surface area contributed by atoms with E-state index in [9.17, 15) is 13.6 Å². The number of nitrogens with zero attached hydrogens (tertiary/aromatic N) is 3. The number of rotatable bonds is 7. The lowest BCUT2D eigenvalue weighted by Crippen LogP contribution is -2.44. The Hall–Kier alpha value is -3.07. The highest BCUT2D eigenvalue weighted by Gasteiger charge is 2.33. The predicted molar refractivity (Wildman–Crippen MR) is 162 cm³/mol. The molecule has 0 radical (unpaired) electrons. The van der Waals surface area contributed by atoms with E-state index in [0.717, 1.165) is 77.2 Å². The fraction of sp³-hybridized carbons (Fsp3) is 0.375. The number of benzene rings is 2. The lowest BCUT2D eigenvalue weighted by molar-refractivity contribution is 0.0573. The Kier molecular flexibility index (Phi) is 8.64. The van der Waals surface area contributed by atoms with E-state index in [1.165, 1.54) is 0 Å². The smallest absolute Gasteiger partial charge is 0.266 e. The zero-order chi connectivity index (χ0) is 29.4. The number of pyridine rings is 1. The molecular formula is C32H34ClF2N3O2S. The number of hydrogen-bond donors (Lipinski definition) is 0. The number of carbonyl (C=O) groups is 1. The number of halogens is 3. The number of aromatic nitrogens is 1. The van der Waals surface area contributed by atoms with Gasteiger partial charge in [0.2, 0.25) is 0 Å². The van der Waals surface area contributed by atoms with Gasteiger partial charge in [0.05, 0.1) is 22.2 Å². The Morgan fingerprint density at radius 3 is 2.22 bits per heavy atom. The van der Waals surface area contributed by atoms with E-state index in [4.69, 9.17) is 16.3 Å². The van der Waals surface area contributed by atoms with Crippen LogP contribution >= 0.6 is 22.9 Å². The molecule has 2 heterocycles. The minimum absolute atomic E-state index is 0.0394. The number of aryl methyl sites for hydroxylation is 2. The minimum atomic E-state index is -0.642. The molecule has 0 saturated heterocycles. The predicted octanol–water partition coefficient (Wildman–Crippen LogP) is 8.04. The van der Waals surface area contributed by atoms with E-state index < -0.39 is 11.6 Å². The zero-order valence-corrected chi connectivity index (χ0v) is 25.5. The van der Waals surface area contributed by atoms with Crippen LogP contribution in [0.25, 0.3) is 21.2 Å². The summed E-state index contributed by atoms with van der Waals surface area (Å²) in [6, 6.07) is 12.5. The van der Waals surface area contributed by atoms with Gasteiger partial charge in [-0.15, -0.1) is 11.3 Å². The van der Waals surface area contributed by atoms with Gasteiger partial charge < -0.3 is 14.5 Å². The van der Waals surface area contributed by atoms with Gasteiger partial charge in [-0.2, -0.15) is 0 Å². The summed E-state index contributed by atoms with van der Waals surface area (Å²) in [7, 11) is 5.77. The Bertz CT molecular complexity index is 1580. The van der Waals surface area contributed by atoms with Crippen LogP contribution in [0.2, 0.25) is 5.02 Å². The van der Waals surface area contributed by atoms with Crippen LogP contribution in [0.4, 0.5) is 8.78 Å². The summed E-state index contributed by atoms with van der Waals surface area (Å²) in [5.41, 5.74) is 4.70. The van der Waals surface area contributed by atoms with Gasteiger partial charge >= 0.3 is 0 Å². The molecule has 0 N–H and O–H groups in total. The van der Waals surface area contributed by atoms with Crippen molar-refractivity contribution >= 4 is 38.9 Å². The van der Waals surface area contributed by atoms with E-state index >= 15 is 0 Å². The van der Waals surface area contributed by atoms with Crippen molar-refractivity contribution < 1.29 is 18.3 Å². The highest BCUT2D eigenvalue weighted by atomic mass is 35.5. The lowest BCUT2D eigenvalue weighted by atomic mass is 9.89. The Morgan fingerprint density at radius 1 is 0.976 bits per heavy atom. The van der Waals surface area contributed by atoms with Crippen LogP contribution in [0.1, 0.15) is 52.3 Å². The van der Waals surface area contributed by atoms with Gasteiger partial charge in [-0.3, -0.25) is 9.78 Å². The van der Waals surface area contributed by atoms with Gasteiger partial charge in [0.25, 0.3) is 5.91 Å². The van der Waals surface area contributed by atoms with Crippen molar-refractivity contribution in [3.05, 3.63) is 81.0 Å². The molecule has 2 aromatic carbocycles. The average Bonchev–Trinajstić information content (AvgIpc) is 3.31. The zero-order valence-electron chi connectivity index (χ0n) is 23.9. The molecule has 5 rings (SSSR count). The molecular weight excluding hydrogens is 564 g/mol. The quantitative estimate of drug-likeness (QED) is 0.216. The van der Waals surface area contributed by atoms with Crippen LogP contribution in [0, 0.1) is 25.5 Å². The van der Waals surface area contributed by atoms with Crippen molar-refractivity contribution in [1.82, 2.24) is 14.8 Å². The largest absolute Gasteiger partial charge is 0.496 e. The van der Waals surface area contributed by atoms with Crippen LogP contribution in [0.5, 0.6) is 5.75 Å². The first kappa shape index (κ1) is 29.4. The second-order valence-electron chi connectivity index (χ2n) is 11.0. The molecule has 1 aliphatic rings. The standard InChI is InChI=1S/C32H34ClF2N3O2S/c1-18-14-21(15-19(2)36-18)20-6-13-27(40-5)22(16-20)17-38(24-9-7-23(8-10-24)37(3)4)32(39)31-29(33)28-25(34)11-12-26(35)30(28)41-31/h6,11-16,23-24H,7-10,17H2,1-5H3/t23-,24-. The maximum Gasteiger partial charge on any atom is 0.266 e. The fourth-order valence-electron chi connectivity index (χ4n) is 5.89. The number of amides is 1. The molecule has 1 fully saturated rings. The molecule has 9 heteroatoms. The van der Waals surface area contributed by atoms with Crippen LogP contribution < -0.4 is 4.74 Å². The van der Waals surface area contributed by atoms with Crippen LogP contribution in [0.15, 0.2) is 42.5 Å². The number of carbonyl (C=O) groups excluding carboxylic acids is 1.